The number of alkyl carbamates (subject to hydrolysis) is 1. The van der Waals surface area contributed by atoms with E-state index < -0.39 is 17.2 Å². The summed E-state index contributed by atoms with van der Waals surface area (Å²) < 4.78 is 5.12. The van der Waals surface area contributed by atoms with Gasteiger partial charge in [0.25, 0.3) is 0 Å². The maximum Gasteiger partial charge on any atom is 0.407 e. The molecule has 1 aliphatic carbocycles. The predicted molar refractivity (Wildman–Crippen MR) is 64.6 cm³/mol. The molecule has 1 saturated carbocycles. The molecule has 3 N–H and O–H groups in total. The number of nitrogens with two attached hydrogens (primary N) is 1. The van der Waals surface area contributed by atoms with Gasteiger partial charge in [0, 0.05) is 24.9 Å². The number of nitrogens with one attached hydrogen (secondary N) is 1. The third-order valence-electron chi connectivity index (χ3n) is 2.79. The largest absolute Gasteiger partial charge is 0.444 e. The molecule has 0 spiro atoms. The summed E-state index contributed by atoms with van der Waals surface area (Å²) >= 11 is 0. The second-order valence-corrected chi connectivity index (χ2v) is 5.76. The maximum absolute atomic E-state index is 11.5. The number of amides is 1. The summed E-state index contributed by atoms with van der Waals surface area (Å²) in [7, 11) is 0. The lowest BCUT2D eigenvalue weighted by Gasteiger charge is -2.33. The molecule has 98 valence electrons. The van der Waals surface area contributed by atoms with E-state index in [1.807, 2.05) is 20.8 Å². The van der Waals surface area contributed by atoms with Crippen molar-refractivity contribution < 1.29 is 14.3 Å². The Morgan fingerprint density at radius 1 is 1.41 bits per heavy atom. The lowest BCUT2D eigenvalue weighted by Crippen LogP contribution is -2.52. The molecule has 17 heavy (non-hydrogen) atoms. The average Bonchev–Trinajstić information content (AvgIpc) is 2.18. The third-order valence-corrected chi connectivity index (χ3v) is 2.79. The summed E-state index contributed by atoms with van der Waals surface area (Å²) in [6.45, 7) is 5.79. The molecule has 1 rings (SSSR count). The number of carbonyl (C=O) groups is 2. The highest BCUT2D eigenvalue weighted by Crippen LogP contribution is 2.23. The van der Waals surface area contributed by atoms with Crippen LogP contribution in [0.1, 0.15) is 46.5 Å². The molecule has 0 heterocycles. The summed E-state index contributed by atoms with van der Waals surface area (Å²) in [5.74, 6) is 0.253. The summed E-state index contributed by atoms with van der Waals surface area (Å²) in [4.78, 5) is 22.6. The topological polar surface area (TPSA) is 81.4 Å². The van der Waals surface area contributed by atoms with Crippen LogP contribution in [0.5, 0.6) is 0 Å². The highest BCUT2D eigenvalue weighted by Gasteiger charge is 2.31. The lowest BCUT2D eigenvalue weighted by atomic mass is 9.82. The third kappa shape index (κ3) is 5.17. The van der Waals surface area contributed by atoms with Crippen molar-refractivity contribution in [2.24, 2.45) is 5.73 Å². The fourth-order valence-electron chi connectivity index (χ4n) is 1.77. The minimum absolute atomic E-state index is 0.253. The van der Waals surface area contributed by atoms with E-state index in [2.05, 4.69) is 5.32 Å². The Bertz CT molecular complexity index is 297. The molecule has 0 saturated heterocycles. The smallest absolute Gasteiger partial charge is 0.407 e. The second-order valence-electron chi connectivity index (χ2n) is 5.76. The SMILES string of the molecule is CC(C)(C)OC(=O)NCC1(N)CCC(=O)CC1. The monoisotopic (exact) mass is 242 g/mol. The zero-order valence-corrected chi connectivity index (χ0v) is 10.8. The van der Waals surface area contributed by atoms with Gasteiger partial charge in [-0.1, -0.05) is 0 Å². The minimum Gasteiger partial charge on any atom is -0.444 e. The highest BCUT2D eigenvalue weighted by atomic mass is 16.6. The van der Waals surface area contributed by atoms with E-state index in [1.165, 1.54) is 0 Å². The van der Waals surface area contributed by atoms with Gasteiger partial charge in [0.1, 0.15) is 11.4 Å². The Morgan fingerprint density at radius 3 is 2.41 bits per heavy atom. The standard InChI is InChI=1S/C12H22N2O3/c1-11(2,3)17-10(16)14-8-12(13)6-4-9(15)5-7-12/h4-8,13H2,1-3H3,(H,14,16). The molecule has 0 aromatic carbocycles. The molecule has 5 nitrogen and oxygen atoms in total. The van der Waals surface area contributed by atoms with E-state index in [0.717, 1.165) is 0 Å². The Balaban J connectivity index is 2.35. The number of ether oxygens (including phenoxy) is 1. The number of Topliss-reactive ketones (excluding diaryl/α,β-unsaturated/α-hetero) is 1. The van der Waals surface area contributed by atoms with Gasteiger partial charge in [-0.2, -0.15) is 0 Å². The second kappa shape index (κ2) is 5.04. The first-order valence-electron chi connectivity index (χ1n) is 5.98. The molecule has 1 fully saturated rings. The summed E-state index contributed by atoms with van der Waals surface area (Å²) in [6, 6.07) is 0. The molecule has 0 aliphatic heterocycles. The number of carbonyl (C=O) groups excluding carboxylic acids is 2. The van der Waals surface area contributed by atoms with E-state index in [1.54, 1.807) is 0 Å². The molecule has 1 aliphatic rings. The van der Waals surface area contributed by atoms with Gasteiger partial charge in [0.15, 0.2) is 0 Å². The van der Waals surface area contributed by atoms with Gasteiger partial charge in [0.05, 0.1) is 0 Å². The van der Waals surface area contributed by atoms with Crippen LogP contribution >= 0.6 is 0 Å². The van der Waals surface area contributed by atoms with Gasteiger partial charge in [-0.3, -0.25) is 4.79 Å². The van der Waals surface area contributed by atoms with Gasteiger partial charge in [-0.15, -0.1) is 0 Å². The zero-order chi connectivity index (χ0) is 13.1. The molecule has 0 aromatic rings. The van der Waals surface area contributed by atoms with Gasteiger partial charge in [-0.25, -0.2) is 4.79 Å². The van der Waals surface area contributed by atoms with E-state index in [9.17, 15) is 9.59 Å². The van der Waals surface area contributed by atoms with Gasteiger partial charge in [-0.05, 0) is 33.6 Å². The van der Waals surface area contributed by atoms with Gasteiger partial charge in [0.2, 0.25) is 0 Å². The van der Waals surface area contributed by atoms with Crippen molar-refractivity contribution in [1.82, 2.24) is 5.32 Å². The number of ketones is 1. The Labute approximate surface area is 102 Å². The molecule has 5 heteroatoms. The Morgan fingerprint density at radius 2 is 1.94 bits per heavy atom. The number of rotatable bonds is 2. The Kier molecular flexibility index (Phi) is 4.14. The molecule has 0 radical (unpaired) electrons. The van der Waals surface area contributed by atoms with Crippen LogP contribution in [0, 0.1) is 0 Å². The zero-order valence-electron chi connectivity index (χ0n) is 10.8. The average molecular weight is 242 g/mol. The molecule has 0 aromatic heterocycles. The fraction of sp³-hybridized carbons (Fsp3) is 0.833. The molecular weight excluding hydrogens is 220 g/mol. The first-order chi connectivity index (χ1) is 7.70. The van der Waals surface area contributed by atoms with Crippen molar-refractivity contribution >= 4 is 11.9 Å². The summed E-state index contributed by atoms with van der Waals surface area (Å²) in [6.07, 6.45) is 1.81. The minimum atomic E-state index is -0.506. The van der Waals surface area contributed by atoms with Crippen molar-refractivity contribution in [1.29, 1.82) is 0 Å². The predicted octanol–water partition coefficient (Wildman–Crippen LogP) is 1.35. The van der Waals surface area contributed by atoms with Crippen LogP contribution in [-0.4, -0.2) is 29.6 Å². The van der Waals surface area contributed by atoms with Crippen molar-refractivity contribution in [3.8, 4) is 0 Å². The molecule has 0 bridgehead atoms. The van der Waals surface area contributed by atoms with E-state index in [4.69, 9.17) is 10.5 Å². The van der Waals surface area contributed by atoms with Crippen LogP contribution in [0.25, 0.3) is 0 Å². The van der Waals surface area contributed by atoms with Crippen LogP contribution in [-0.2, 0) is 9.53 Å². The van der Waals surface area contributed by atoms with Gasteiger partial charge < -0.3 is 15.8 Å². The van der Waals surface area contributed by atoms with Crippen LogP contribution in [0.4, 0.5) is 4.79 Å². The molecule has 0 atom stereocenters. The van der Waals surface area contributed by atoms with Crippen LogP contribution in [0.15, 0.2) is 0 Å². The Hall–Kier alpha value is -1.10. The summed E-state index contributed by atoms with van der Waals surface area (Å²) in [5, 5.41) is 2.67. The molecular formula is C12H22N2O3. The van der Waals surface area contributed by atoms with Crippen molar-refractivity contribution in [2.45, 2.75) is 57.6 Å². The van der Waals surface area contributed by atoms with Crippen LogP contribution < -0.4 is 11.1 Å². The lowest BCUT2D eigenvalue weighted by molar-refractivity contribution is -0.121. The van der Waals surface area contributed by atoms with Crippen LogP contribution in [0.2, 0.25) is 0 Å². The first-order valence-corrected chi connectivity index (χ1v) is 5.98. The normalized spacial score (nSPS) is 19.9. The first kappa shape index (κ1) is 14.0. The quantitative estimate of drug-likeness (QED) is 0.766. The van der Waals surface area contributed by atoms with E-state index >= 15 is 0 Å². The number of hydrogen-bond donors (Lipinski definition) is 2. The van der Waals surface area contributed by atoms with Crippen molar-refractivity contribution in [2.75, 3.05) is 6.54 Å². The van der Waals surface area contributed by atoms with E-state index in [0.29, 0.717) is 32.2 Å². The van der Waals surface area contributed by atoms with Crippen LogP contribution in [0.3, 0.4) is 0 Å². The molecule has 1 amide bonds. The summed E-state index contributed by atoms with van der Waals surface area (Å²) in [5.41, 5.74) is 5.14. The maximum atomic E-state index is 11.5. The van der Waals surface area contributed by atoms with Crippen molar-refractivity contribution in [3.63, 3.8) is 0 Å². The van der Waals surface area contributed by atoms with E-state index in [-0.39, 0.29) is 5.78 Å². The highest BCUT2D eigenvalue weighted by molar-refractivity contribution is 5.79. The fourth-order valence-corrected chi connectivity index (χ4v) is 1.77. The van der Waals surface area contributed by atoms with Crippen molar-refractivity contribution in [3.05, 3.63) is 0 Å². The molecule has 0 unspecified atom stereocenters. The number of hydrogen-bond acceptors (Lipinski definition) is 4. The van der Waals surface area contributed by atoms with Gasteiger partial charge >= 0.3 is 6.09 Å².